The molecule has 0 saturated carbocycles. The Balaban J connectivity index is 0.0000122. The highest BCUT2D eigenvalue weighted by molar-refractivity contribution is 7.86. The van der Waals surface area contributed by atoms with Gasteiger partial charge in [-0.2, -0.15) is 4.58 Å². The highest BCUT2D eigenvalue weighted by Crippen LogP contribution is 2.51. The number of benzene rings is 2. The smallest absolute Gasteiger partial charge is 0.303 e. The van der Waals surface area contributed by atoms with Gasteiger partial charge in [0, 0.05) is 79.1 Å². The minimum atomic E-state index is -4.90. The number of carboxylic acid groups (broad SMARTS) is 1. The minimum Gasteiger partial charge on any atom is -0.748 e. The summed E-state index contributed by atoms with van der Waals surface area (Å²) in [5.41, 5.74) is 3.50. The third-order valence-corrected chi connectivity index (χ3v) is 16.4. The van der Waals surface area contributed by atoms with E-state index in [1.54, 1.807) is 20.3 Å². The Hall–Kier alpha value is -3.88. The lowest BCUT2D eigenvalue weighted by molar-refractivity contribution is -0.442. The standard InChI is InChI=1S/C51H71ClN2O17S3.CH4/c1-50(21-9-35-72(57,58)59)42-36-40(73(60,61)62)16-18-45(42)54(24-26-68-29-30-70-33-34-71-32-31-69-28-27-67-4)46(50)19-13-38-10-8-11-39(49(38)52)14-20-47-51(2,22-25-66-3)43-37-41(74(63,64)65)15-17-44(43)53(47)23-7-5-6-12-48(55)56;/h13-20,36-37H,5-12,21-35H2,1-4H3,(H3-,55,56,57,58,59,60,61,62,63,64,65);1H4/p-2. The van der Waals surface area contributed by atoms with Gasteiger partial charge in [-0.1, -0.05) is 37.6 Å². The van der Waals surface area contributed by atoms with E-state index in [9.17, 15) is 48.8 Å². The Labute approximate surface area is 448 Å². The van der Waals surface area contributed by atoms with Crippen LogP contribution in [-0.2, 0) is 74.4 Å². The van der Waals surface area contributed by atoms with Gasteiger partial charge in [0.25, 0.3) is 0 Å². The molecule has 3 aliphatic rings. The van der Waals surface area contributed by atoms with Crippen molar-refractivity contribution in [2.24, 2.45) is 0 Å². The van der Waals surface area contributed by atoms with Crippen molar-refractivity contribution in [3.63, 3.8) is 0 Å². The van der Waals surface area contributed by atoms with Crippen LogP contribution in [0, 0.1) is 0 Å². The van der Waals surface area contributed by atoms with Crippen LogP contribution >= 0.6 is 11.6 Å². The number of allylic oxidation sites excluding steroid dienone is 8. The van der Waals surface area contributed by atoms with Crippen molar-refractivity contribution in [3.8, 4) is 0 Å². The molecule has 2 atom stereocenters. The number of halogens is 1. The van der Waals surface area contributed by atoms with Crippen LogP contribution in [0.5, 0.6) is 0 Å². The van der Waals surface area contributed by atoms with Crippen LogP contribution in [0.1, 0.15) is 96.6 Å². The molecule has 0 radical (unpaired) electrons. The third kappa shape index (κ3) is 17.8. The molecule has 0 bridgehead atoms. The van der Waals surface area contributed by atoms with Crippen molar-refractivity contribution in [2.45, 2.75) is 106 Å². The molecule has 0 aromatic heterocycles. The van der Waals surface area contributed by atoms with E-state index in [-0.39, 0.29) is 58.0 Å². The summed E-state index contributed by atoms with van der Waals surface area (Å²) < 4.78 is 144. The van der Waals surface area contributed by atoms with Crippen molar-refractivity contribution in [1.82, 2.24) is 0 Å². The second-order valence-corrected chi connectivity index (χ2v) is 23.3. The molecule has 5 rings (SSSR count). The molecule has 2 heterocycles. The van der Waals surface area contributed by atoms with Gasteiger partial charge in [0.2, 0.25) is 5.69 Å². The third-order valence-electron chi connectivity index (χ3n) is 13.5. The van der Waals surface area contributed by atoms with Crippen molar-refractivity contribution in [3.05, 3.63) is 93.7 Å². The van der Waals surface area contributed by atoms with Crippen molar-refractivity contribution < 1.29 is 81.8 Å². The van der Waals surface area contributed by atoms with Gasteiger partial charge in [-0.3, -0.25) is 4.79 Å². The first-order chi connectivity index (χ1) is 35.0. The van der Waals surface area contributed by atoms with Crippen LogP contribution in [0.15, 0.2) is 92.4 Å². The second kappa shape index (κ2) is 29.2. The summed E-state index contributed by atoms with van der Waals surface area (Å²) >= 11 is 7.29. The van der Waals surface area contributed by atoms with Crippen LogP contribution in [0.2, 0.25) is 0 Å². The largest absolute Gasteiger partial charge is 0.748 e. The van der Waals surface area contributed by atoms with E-state index in [1.165, 1.54) is 30.3 Å². The molecule has 75 heavy (non-hydrogen) atoms. The SMILES string of the molecule is C.COCCOCCOCCOCCOCC[N+]1=C(C=CC2=C(Cl)C(=CC=C3N(CCCCCC(=O)O)c4ccc(S(=O)(=O)[O-])cc4C3(C)CCOC)CCC2)C(C)(CCCS(=O)(=O)[O-])c2cc(S(=O)(=O)[O-])ccc21. The average molecular weight is 1130 g/mol. The minimum absolute atomic E-state index is 0. The fourth-order valence-electron chi connectivity index (χ4n) is 9.64. The number of carboxylic acids is 1. The normalized spacial score (nSPS) is 20.2. The maximum absolute atomic E-state index is 12.4. The second-order valence-electron chi connectivity index (χ2n) is 18.6. The first kappa shape index (κ1) is 63.7. The topological polar surface area (TPSA) is 271 Å². The van der Waals surface area contributed by atoms with Gasteiger partial charge in [-0.15, -0.1) is 0 Å². The first-order valence-electron chi connectivity index (χ1n) is 24.6. The molecule has 2 unspecified atom stereocenters. The Morgan fingerprint density at radius 2 is 1.31 bits per heavy atom. The Morgan fingerprint density at radius 3 is 1.89 bits per heavy atom. The zero-order valence-electron chi connectivity index (χ0n) is 42.5. The number of carbonyl (C=O) groups is 1. The molecular weight excluding hydrogens is 1060 g/mol. The van der Waals surface area contributed by atoms with E-state index in [2.05, 4.69) is 4.90 Å². The molecule has 420 valence electrons. The zero-order valence-corrected chi connectivity index (χ0v) is 45.7. The summed E-state index contributed by atoms with van der Waals surface area (Å²) in [4.78, 5) is 12.5. The lowest BCUT2D eigenvalue weighted by Crippen LogP contribution is -2.33. The van der Waals surface area contributed by atoms with Crippen LogP contribution in [0.25, 0.3) is 0 Å². The zero-order chi connectivity index (χ0) is 54.2. The molecule has 2 aromatic carbocycles. The van der Waals surface area contributed by atoms with E-state index in [0.29, 0.717) is 125 Å². The number of anilines is 1. The van der Waals surface area contributed by atoms with Gasteiger partial charge >= 0.3 is 5.97 Å². The Kier molecular flexibility index (Phi) is 24.8. The number of hydrogen-bond acceptors (Lipinski definition) is 17. The fourth-order valence-corrected chi connectivity index (χ4v) is 11.4. The highest BCUT2D eigenvalue weighted by atomic mass is 35.5. The van der Waals surface area contributed by atoms with Crippen molar-refractivity contribution in [2.75, 3.05) is 104 Å². The number of methoxy groups -OCH3 is 2. The summed E-state index contributed by atoms with van der Waals surface area (Å²) in [5, 5.41) is 9.69. The number of rotatable bonds is 33. The summed E-state index contributed by atoms with van der Waals surface area (Å²) in [5.74, 6) is -1.55. The molecule has 1 N–H and O–H groups in total. The van der Waals surface area contributed by atoms with Crippen LogP contribution in [0.4, 0.5) is 11.4 Å². The summed E-state index contributed by atoms with van der Waals surface area (Å²) in [6.45, 7) is 8.09. The van der Waals surface area contributed by atoms with Crippen molar-refractivity contribution in [1.29, 1.82) is 0 Å². The molecule has 2 aromatic rings. The van der Waals surface area contributed by atoms with Gasteiger partial charge in [0.05, 0.1) is 78.2 Å². The Morgan fingerprint density at radius 1 is 0.720 bits per heavy atom. The summed E-state index contributed by atoms with van der Waals surface area (Å²) in [6, 6.07) is 8.43. The highest BCUT2D eigenvalue weighted by Gasteiger charge is 2.48. The lowest BCUT2D eigenvalue weighted by atomic mass is 9.75. The number of nitrogens with zero attached hydrogens (tertiary/aromatic N) is 2. The van der Waals surface area contributed by atoms with Gasteiger partial charge in [0.15, 0.2) is 12.3 Å². The first-order valence-corrected chi connectivity index (χ1v) is 29.4. The fraction of sp³-hybridized carbons (Fsp3) is 0.577. The number of aliphatic carboxylic acids is 1. The van der Waals surface area contributed by atoms with E-state index in [1.807, 2.05) is 42.7 Å². The van der Waals surface area contributed by atoms with Crippen LogP contribution < -0.4 is 4.90 Å². The maximum atomic E-state index is 12.4. The predicted molar refractivity (Wildman–Crippen MR) is 281 cm³/mol. The summed E-state index contributed by atoms with van der Waals surface area (Å²) in [6.07, 6.45) is 11.7. The van der Waals surface area contributed by atoms with E-state index < -0.39 is 57.8 Å². The Bertz CT molecular complexity index is 2780. The predicted octanol–water partition coefficient (Wildman–Crippen LogP) is 7.03. The number of unbranched alkanes of at least 4 members (excludes halogenated alkanes) is 2. The molecule has 2 aliphatic heterocycles. The van der Waals surface area contributed by atoms with Gasteiger partial charge < -0.3 is 52.1 Å². The van der Waals surface area contributed by atoms with Crippen molar-refractivity contribution >= 4 is 65.0 Å². The van der Waals surface area contributed by atoms with Crippen LogP contribution in [0.3, 0.4) is 0 Å². The lowest BCUT2D eigenvalue weighted by Gasteiger charge is -2.30. The van der Waals surface area contributed by atoms with Gasteiger partial charge in [0.1, 0.15) is 26.8 Å². The number of fused-ring (bicyclic) bond motifs is 2. The quantitative estimate of drug-likeness (QED) is 0.0427. The van der Waals surface area contributed by atoms with E-state index >= 15 is 0 Å². The summed E-state index contributed by atoms with van der Waals surface area (Å²) in [7, 11) is -11.1. The molecule has 0 amide bonds. The monoisotopic (exact) mass is 1130 g/mol. The van der Waals surface area contributed by atoms with E-state index in [0.717, 1.165) is 22.5 Å². The van der Waals surface area contributed by atoms with Gasteiger partial charge in [-0.05, 0) is 118 Å². The average Bonchev–Trinajstić information content (AvgIpc) is 3.70. The molecule has 19 nitrogen and oxygen atoms in total. The molecule has 1 aliphatic carbocycles. The number of ether oxygens (including phenoxy) is 6. The van der Waals surface area contributed by atoms with Crippen LogP contribution in [-0.4, -0.2) is 159 Å². The molecule has 23 heteroatoms. The number of hydrogen-bond donors (Lipinski definition) is 1. The molecule has 0 saturated heterocycles. The van der Waals surface area contributed by atoms with Gasteiger partial charge in [-0.25, -0.2) is 25.3 Å². The van der Waals surface area contributed by atoms with E-state index in [4.69, 9.17) is 40.0 Å². The molecular formula is C52H73ClN2O17S3-2. The maximum Gasteiger partial charge on any atom is 0.303 e. The molecule has 0 fully saturated rings. The molecule has 0 spiro atoms.